The second-order valence-corrected chi connectivity index (χ2v) is 2.85. The molecule has 13 heavy (non-hydrogen) atoms. The van der Waals surface area contributed by atoms with E-state index in [1.807, 2.05) is 0 Å². The minimum absolute atomic E-state index is 0.0926. The first-order chi connectivity index (χ1) is 6.09. The molecule has 0 bridgehead atoms. The van der Waals surface area contributed by atoms with E-state index in [2.05, 4.69) is 4.52 Å². The first-order valence-corrected chi connectivity index (χ1v) is 4.51. The van der Waals surface area contributed by atoms with Gasteiger partial charge in [0.2, 0.25) is 0 Å². The lowest BCUT2D eigenvalue weighted by molar-refractivity contribution is -0.384. The molecule has 0 saturated heterocycles. The predicted octanol–water partition coefficient (Wildman–Crippen LogP) is 1.36. The van der Waals surface area contributed by atoms with Gasteiger partial charge in [-0.05, 0) is 12.1 Å². The summed E-state index contributed by atoms with van der Waals surface area (Å²) in [5.74, 6) is 0.136. The van der Waals surface area contributed by atoms with Gasteiger partial charge in [0.05, 0.1) is 4.92 Å². The Morgan fingerprint density at radius 3 is 2.31 bits per heavy atom. The van der Waals surface area contributed by atoms with Crippen LogP contribution >= 0.6 is 8.25 Å². The molecular formula is C6H6NO5P. The van der Waals surface area contributed by atoms with E-state index < -0.39 is 13.2 Å². The van der Waals surface area contributed by atoms with E-state index in [-0.39, 0.29) is 11.4 Å². The van der Waals surface area contributed by atoms with Crippen LogP contribution in [0.5, 0.6) is 5.75 Å². The molecule has 1 rings (SSSR count). The zero-order valence-corrected chi connectivity index (χ0v) is 7.34. The van der Waals surface area contributed by atoms with Crippen molar-refractivity contribution in [2.75, 3.05) is 0 Å². The van der Waals surface area contributed by atoms with Gasteiger partial charge in [0, 0.05) is 12.1 Å². The third-order valence-corrected chi connectivity index (χ3v) is 1.66. The summed E-state index contributed by atoms with van der Waals surface area (Å²) >= 11 is 0. The Bertz CT molecular complexity index is 335. The van der Waals surface area contributed by atoms with E-state index >= 15 is 0 Å². The number of benzene rings is 1. The van der Waals surface area contributed by atoms with Crippen molar-refractivity contribution in [3.8, 4) is 5.75 Å². The van der Waals surface area contributed by atoms with E-state index in [1.165, 1.54) is 24.3 Å². The number of hydrogen-bond donors (Lipinski definition) is 1. The molecule has 0 aliphatic rings. The summed E-state index contributed by atoms with van der Waals surface area (Å²) in [6.07, 6.45) is 0. The lowest BCUT2D eigenvalue weighted by atomic mass is 10.3. The predicted molar refractivity (Wildman–Crippen MR) is 44.9 cm³/mol. The smallest absolute Gasteiger partial charge is 0.365 e. The first-order valence-electron chi connectivity index (χ1n) is 3.25. The molecule has 0 aliphatic carbocycles. The molecule has 0 spiro atoms. The van der Waals surface area contributed by atoms with Gasteiger partial charge in [-0.2, -0.15) is 0 Å². The molecule has 0 saturated carbocycles. The normalized spacial score (nSPS) is 12.1. The van der Waals surface area contributed by atoms with Gasteiger partial charge in [0.25, 0.3) is 5.69 Å². The van der Waals surface area contributed by atoms with Gasteiger partial charge in [-0.25, -0.2) is 4.57 Å². The molecule has 1 N–H and O–H groups in total. The fraction of sp³-hybridized carbons (Fsp3) is 0. The highest BCUT2D eigenvalue weighted by molar-refractivity contribution is 7.32. The quantitative estimate of drug-likeness (QED) is 0.455. The van der Waals surface area contributed by atoms with Crippen LogP contribution in [0.3, 0.4) is 0 Å². The maximum atomic E-state index is 10.2. The molecule has 1 unspecified atom stereocenters. The monoisotopic (exact) mass is 203 g/mol. The zero-order valence-electron chi connectivity index (χ0n) is 6.34. The van der Waals surface area contributed by atoms with Crippen LogP contribution in [0, 0.1) is 10.1 Å². The second kappa shape index (κ2) is 4.02. The van der Waals surface area contributed by atoms with Crippen LogP contribution in [0.1, 0.15) is 0 Å². The molecule has 1 aromatic carbocycles. The van der Waals surface area contributed by atoms with Crippen LogP contribution in [0.25, 0.3) is 0 Å². The fourth-order valence-corrected chi connectivity index (χ4v) is 1.07. The molecule has 0 aliphatic heterocycles. The van der Waals surface area contributed by atoms with Crippen LogP contribution in [-0.2, 0) is 4.57 Å². The molecule has 7 heteroatoms. The van der Waals surface area contributed by atoms with Crippen LogP contribution in [-0.4, -0.2) is 9.82 Å². The highest BCUT2D eigenvalue weighted by Gasteiger charge is 2.04. The fourth-order valence-electron chi connectivity index (χ4n) is 0.737. The van der Waals surface area contributed by atoms with Crippen molar-refractivity contribution in [3.63, 3.8) is 0 Å². The number of rotatable bonds is 3. The van der Waals surface area contributed by atoms with E-state index in [4.69, 9.17) is 4.89 Å². The SMILES string of the molecule is O=[N+]([O-])c1ccc(O[PH](=O)O)cc1. The van der Waals surface area contributed by atoms with E-state index in [9.17, 15) is 14.7 Å². The molecule has 1 aromatic rings. The van der Waals surface area contributed by atoms with Crippen LogP contribution in [0.15, 0.2) is 24.3 Å². The molecule has 6 nitrogen and oxygen atoms in total. The number of nitro groups is 1. The molecule has 70 valence electrons. The zero-order chi connectivity index (χ0) is 9.84. The number of nitro benzene ring substituents is 1. The Morgan fingerprint density at radius 2 is 1.92 bits per heavy atom. The average molecular weight is 203 g/mol. The first kappa shape index (κ1) is 9.70. The van der Waals surface area contributed by atoms with E-state index in [1.54, 1.807) is 0 Å². The topological polar surface area (TPSA) is 89.7 Å². The lowest BCUT2D eigenvalue weighted by Gasteiger charge is -1.99. The molecule has 0 radical (unpaired) electrons. The van der Waals surface area contributed by atoms with Crippen molar-refractivity contribution in [2.45, 2.75) is 0 Å². The van der Waals surface area contributed by atoms with Crippen molar-refractivity contribution in [1.29, 1.82) is 0 Å². The molecule has 0 aromatic heterocycles. The van der Waals surface area contributed by atoms with Crippen LogP contribution in [0.2, 0.25) is 0 Å². The summed E-state index contributed by atoms with van der Waals surface area (Å²) in [6.45, 7) is 0. The minimum Gasteiger partial charge on any atom is -0.426 e. The molecule has 0 heterocycles. The highest BCUT2D eigenvalue weighted by atomic mass is 31.1. The molecule has 1 atom stereocenters. The molecule has 0 amide bonds. The van der Waals surface area contributed by atoms with E-state index in [0.29, 0.717) is 0 Å². The highest BCUT2D eigenvalue weighted by Crippen LogP contribution is 2.24. The average Bonchev–Trinajstić information content (AvgIpc) is 2.04. The van der Waals surface area contributed by atoms with Crippen molar-refractivity contribution >= 4 is 13.9 Å². The molecular weight excluding hydrogens is 197 g/mol. The Hall–Kier alpha value is -1.39. The maximum absolute atomic E-state index is 10.2. The third-order valence-electron chi connectivity index (χ3n) is 1.25. The van der Waals surface area contributed by atoms with Gasteiger partial charge in [-0.15, -0.1) is 0 Å². The summed E-state index contributed by atoms with van der Waals surface area (Å²) < 4.78 is 14.6. The summed E-state index contributed by atoms with van der Waals surface area (Å²) in [5, 5.41) is 10.2. The Labute approximate surface area is 73.9 Å². The minimum atomic E-state index is -3.04. The summed E-state index contributed by atoms with van der Waals surface area (Å²) in [4.78, 5) is 18.0. The van der Waals surface area contributed by atoms with Gasteiger partial charge in [0.1, 0.15) is 5.75 Å². The van der Waals surface area contributed by atoms with Gasteiger partial charge in [-0.3, -0.25) is 10.1 Å². The summed E-state index contributed by atoms with van der Waals surface area (Å²) in [6, 6.07) is 4.91. The number of non-ortho nitro benzene ring substituents is 1. The van der Waals surface area contributed by atoms with Gasteiger partial charge in [0.15, 0.2) is 0 Å². The largest absolute Gasteiger partial charge is 0.426 e. The van der Waals surface area contributed by atoms with Crippen LogP contribution in [0.4, 0.5) is 5.69 Å². The van der Waals surface area contributed by atoms with Crippen molar-refractivity contribution in [1.82, 2.24) is 0 Å². The Balaban J connectivity index is 2.81. The summed E-state index contributed by atoms with van der Waals surface area (Å²) in [7, 11) is -3.04. The summed E-state index contributed by atoms with van der Waals surface area (Å²) in [5.41, 5.74) is -0.0926. The Morgan fingerprint density at radius 1 is 1.38 bits per heavy atom. The lowest BCUT2D eigenvalue weighted by Crippen LogP contribution is -1.87. The van der Waals surface area contributed by atoms with Crippen molar-refractivity contribution < 1.29 is 18.9 Å². The van der Waals surface area contributed by atoms with Gasteiger partial charge >= 0.3 is 8.25 Å². The maximum Gasteiger partial charge on any atom is 0.365 e. The van der Waals surface area contributed by atoms with Crippen molar-refractivity contribution in [2.24, 2.45) is 0 Å². The third kappa shape index (κ3) is 2.85. The number of nitrogens with zero attached hydrogens (tertiary/aromatic N) is 1. The van der Waals surface area contributed by atoms with Crippen LogP contribution < -0.4 is 4.52 Å². The molecule has 0 fully saturated rings. The second-order valence-electron chi connectivity index (χ2n) is 2.12. The van der Waals surface area contributed by atoms with Gasteiger partial charge in [-0.1, -0.05) is 0 Å². The van der Waals surface area contributed by atoms with E-state index in [0.717, 1.165) is 0 Å². The van der Waals surface area contributed by atoms with Gasteiger partial charge < -0.3 is 9.42 Å². The Kier molecular flexibility index (Phi) is 3.00. The van der Waals surface area contributed by atoms with Crippen molar-refractivity contribution in [3.05, 3.63) is 34.4 Å². The standard InChI is InChI=1S/C6H6NO5P/c8-7(9)5-1-3-6(4-2-5)12-13(10)11/h1-4,13H,(H,10,11). The number of hydrogen-bond acceptors (Lipinski definition) is 4.